The van der Waals surface area contributed by atoms with Gasteiger partial charge in [-0.15, -0.1) is 0 Å². The van der Waals surface area contributed by atoms with Gasteiger partial charge >= 0.3 is 7.12 Å². The number of methoxy groups -OCH3 is 1. The highest BCUT2D eigenvalue weighted by atomic mass is 79.9. The lowest BCUT2D eigenvalue weighted by atomic mass is 9.58. The summed E-state index contributed by atoms with van der Waals surface area (Å²) in [5.41, 5.74) is 6.02. The Hall–Kier alpha value is -3.70. The number of para-hydroxylation sites is 1. The number of aromatic hydroxyl groups is 1. The van der Waals surface area contributed by atoms with Crippen LogP contribution in [0.15, 0.2) is 94.0 Å². The van der Waals surface area contributed by atoms with Gasteiger partial charge in [0.1, 0.15) is 5.75 Å². The number of amides is 2. The normalized spacial score (nSPS) is 23.3. The second-order valence-electron chi connectivity index (χ2n) is 12.0. The molecule has 3 aromatic carbocycles. The number of hydrogen-bond donors (Lipinski definition) is 3. The topological polar surface area (TPSA) is 108 Å². The van der Waals surface area contributed by atoms with Crippen molar-refractivity contribution in [1.82, 2.24) is 0 Å². The van der Waals surface area contributed by atoms with Crippen molar-refractivity contribution in [2.45, 2.75) is 38.6 Å². The Morgan fingerprint density at radius 2 is 1.80 bits per heavy atom. The van der Waals surface area contributed by atoms with Crippen LogP contribution < -0.4 is 10.2 Å². The fourth-order valence-corrected chi connectivity index (χ4v) is 7.42. The second-order valence-corrected chi connectivity index (χ2v) is 12.9. The van der Waals surface area contributed by atoms with Gasteiger partial charge in [0, 0.05) is 28.5 Å². The van der Waals surface area contributed by atoms with E-state index in [2.05, 4.69) is 21.2 Å². The van der Waals surface area contributed by atoms with Crippen molar-refractivity contribution in [1.29, 1.82) is 0 Å². The van der Waals surface area contributed by atoms with Crippen LogP contribution in [0.1, 0.15) is 31.7 Å². The van der Waals surface area contributed by atoms with Crippen molar-refractivity contribution in [3.8, 4) is 5.75 Å². The molecule has 2 heterocycles. The molecule has 3 N–H and O–H groups in total. The van der Waals surface area contributed by atoms with Crippen molar-refractivity contribution < 1.29 is 29.1 Å². The first-order chi connectivity index (χ1) is 21.7. The highest BCUT2D eigenvalue weighted by Gasteiger charge is 2.57. The molecule has 2 fully saturated rings. The first kappa shape index (κ1) is 31.3. The molecule has 1 aliphatic carbocycles. The molecule has 10 heteroatoms. The Morgan fingerprint density at radius 1 is 1.07 bits per heavy atom. The summed E-state index contributed by atoms with van der Waals surface area (Å²) in [5, 5.41) is 24.5. The molecule has 232 valence electrons. The molecule has 2 aliphatic heterocycles. The first-order valence-electron chi connectivity index (χ1n) is 15.2. The third-order valence-corrected chi connectivity index (χ3v) is 9.50. The predicted molar refractivity (Wildman–Crippen MR) is 179 cm³/mol. The zero-order valence-electron chi connectivity index (χ0n) is 25.3. The van der Waals surface area contributed by atoms with Gasteiger partial charge in [0.15, 0.2) is 0 Å². The summed E-state index contributed by atoms with van der Waals surface area (Å²) in [5.74, 6) is -1.69. The van der Waals surface area contributed by atoms with Crippen LogP contribution in [0, 0.1) is 17.8 Å². The van der Waals surface area contributed by atoms with Crippen LogP contribution in [0.3, 0.4) is 0 Å². The molecule has 0 aromatic heterocycles. The molecule has 3 aromatic rings. The van der Waals surface area contributed by atoms with E-state index in [1.807, 2.05) is 61.5 Å². The van der Waals surface area contributed by atoms with E-state index in [0.29, 0.717) is 37.1 Å². The van der Waals surface area contributed by atoms with Crippen molar-refractivity contribution in [2.75, 3.05) is 23.9 Å². The molecule has 8 nitrogen and oxygen atoms in total. The number of halogens is 1. The number of allylic oxidation sites excluding steroid dienone is 1. The van der Waals surface area contributed by atoms with Crippen molar-refractivity contribution in [2.24, 2.45) is 17.8 Å². The fraction of sp³-hybridized carbons (Fsp3) is 0.314. The van der Waals surface area contributed by atoms with E-state index in [4.69, 9.17) is 9.39 Å². The van der Waals surface area contributed by atoms with E-state index in [-0.39, 0.29) is 29.8 Å². The maximum atomic E-state index is 14.1. The molecular formula is C35H36BBrN2O6. The third-order valence-electron chi connectivity index (χ3n) is 9.01. The number of nitrogens with zero attached hydrogens (tertiary/aromatic N) is 1. The maximum Gasteiger partial charge on any atom is 0.455 e. The van der Waals surface area contributed by atoms with E-state index < -0.39 is 25.1 Å². The van der Waals surface area contributed by atoms with Gasteiger partial charge in [0.2, 0.25) is 11.8 Å². The molecule has 2 saturated heterocycles. The molecule has 3 aliphatic rings. The molecule has 0 saturated carbocycles. The molecule has 6 rings (SSSR count). The third kappa shape index (κ3) is 6.51. The van der Waals surface area contributed by atoms with E-state index in [1.54, 1.807) is 31.4 Å². The van der Waals surface area contributed by atoms with Gasteiger partial charge in [0.25, 0.3) is 0 Å². The van der Waals surface area contributed by atoms with Crippen molar-refractivity contribution in [3.05, 3.63) is 99.6 Å². The van der Waals surface area contributed by atoms with Gasteiger partial charge < -0.3 is 24.8 Å². The number of benzene rings is 3. The summed E-state index contributed by atoms with van der Waals surface area (Å²) in [7, 11) is 0.573. The van der Waals surface area contributed by atoms with Crippen LogP contribution in [0.4, 0.5) is 17.1 Å². The van der Waals surface area contributed by atoms with E-state index in [0.717, 1.165) is 32.6 Å². The number of hydrogen-bond acceptors (Lipinski definition) is 7. The number of phenolic OH excluding ortho intramolecular Hbond substituents is 1. The molecule has 0 unspecified atom stereocenters. The highest BCUT2D eigenvalue weighted by molar-refractivity contribution is 9.10. The van der Waals surface area contributed by atoms with Crippen molar-refractivity contribution >= 4 is 58.0 Å². The number of anilines is 3. The number of carbonyl (C=O) groups excluding carboxylic acids is 2. The molecule has 0 bridgehead atoms. The highest BCUT2D eigenvalue weighted by Crippen LogP contribution is 2.51. The van der Waals surface area contributed by atoms with Crippen LogP contribution in [0.25, 0.3) is 6.08 Å². The quantitative estimate of drug-likeness (QED) is 0.132. The lowest BCUT2D eigenvalue weighted by molar-refractivity contribution is -0.122. The van der Waals surface area contributed by atoms with Crippen LogP contribution in [-0.2, 0) is 19.0 Å². The molecular weight excluding hydrogens is 635 g/mol. The van der Waals surface area contributed by atoms with Gasteiger partial charge in [0.05, 0.1) is 30.2 Å². The summed E-state index contributed by atoms with van der Waals surface area (Å²) < 4.78 is 12.6. The summed E-state index contributed by atoms with van der Waals surface area (Å²) in [6.07, 6.45) is 3.40. The number of carbonyl (C=O) groups is 2. The minimum Gasteiger partial charge on any atom is -0.507 e. The Balaban J connectivity index is 1.23. The molecule has 2 amide bonds. The first-order valence-corrected chi connectivity index (χ1v) is 16.0. The number of fused-ring (bicyclic) bond motifs is 3. The van der Waals surface area contributed by atoms with Gasteiger partial charge in [-0.1, -0.05) is 45.8 Å². The number of nitrogens with one attached hydrogen (secondary N) is 1. The second kappa shape index (κ2) is 13.3. The van der Waals surface area contributed by atoms with Crippen LogP contribution >= 0.6 is 15.9 Å². The maximum absolute atomic E-state index is 14.1. The SMILES string of the molecule is COCC1=C2[C@@H](CC/C(C)=C/c3cc(Br)ccc3O)OB(O)C[C@@H]2[C@@H]2C(=O)N(c3ccc(Nc4ccccc4)cc3)C(=O)[C@@H]2C1. The number of rotatable bonds is 9. The monoisotopic (exact) mass is 670 g/mol. The Labute approximate surface area is 272 Å². The molecule has 4 atom stereocenters. The fourth-order valence-electron chi connectivity index (χ4n) is 7.04. The van der Waals surface area contributed by atoms with Gasteiger partial charge in [-0.2, -0.15) is 0 Å². The Kier molecular flexibility index (Phi) is 9.28. The largest absolute Gasteiger partial charge is 0.507 e. The zero-order valence-corrected chi connectivity index (χ0v) is 26.9. The van der Waals surface area contributed by atoms with E-state index in [1.165, 1.54) is 4.90 Å². The number of phenols is 1. The van der Waals surface area contributed by atoms with Crippen molar-refractivity contribution in [3.63, 3.8) is 0 Å². The summed E-state index contributed by atoms with van der Waals surface area (Å²) in [4.78, 5) is 29.2. The van der Waals surface area contributed by atoms with Crippen LogP contribution in [0.2, 0.25) is 6.32 Å². The minimum atomic E-state index is -1.05. The Morgan fingerprint density at radius 3 is 2.53 bits per heavy atom. The van der Waals surface area contributed by atoms with Crippen LogP contribution in [-0.4, -0.2) is 48.9 Å². The molecule has 45 heavy (non-hydrogen) atoms. The number of imide groups is 1. The van der Waals surface area contributed by atoms with Crippen LogP contribution in [0.5, 0.6) is 5.75 Å². The number of ether oxygens (including phenoxy) is 1. The van der Waals surface area contributed by atoms with Gasteiger partial charge in [-0.05, 0) is 104 Å². The minimum absolute atomic E-state index is 0.196. The lowest BCUT2D eigenvalue weighted by Gasteiger charge is -2.43. The molecule has 0 radical (unpaired) electrons. The average molecular weight is 671 g/mol. The predicted octanol–water partition coefficient (Wildman–Crippen LogP) is 6.73. The average Bonchev–Trinajstić information content (AvgIpc) is 3.27. The van der Waals surface area contributed by atoms with E-state index >= 15 is 0 Å². The van der Waals surface area contributed by atoms with E-state index in [9.17, 15) is 19.7 Å². The summed E-state index contributed by atoms with van der Waals surface area (Å²) in [6, 6.07) is 22.4. The summed E-state index contributed by atoms with van der Waals surface area (Å²) in [6.45, 7) is 2.32. The lowest BCUT2D eigenvalue weighted by Crippen LogP contribution is -2.46. The summed E-state index contributed by atoms with van der Waals surface area (Å²) >= 11 is 3.46. The standard InChI is InChI=1S/C35H36BBrN2O6/c1-21(16-22-17-24(37)9-14-30(22)40)8-15-31-32-23(20-44-2)18-28-33(29(32)19-36(43)45-31)35(42)39(34(28)41)27-12-10-26(11-13-27)38-25-6-4-3-5-7-25/h3-7,9-14,16-17,28-29,31,33,38,40,43H,8,15,18-20H2,1-2H3/b21-16+/t28-,29+,31-,33-/m1/s1. The smallest absolute Gasteiger partial charge is 0.455 e. The zero-order chi connectivity index (χ0) is 31.7. The van der Waals surface area contributed by atoms with Gasteiger partial charge in [-0.25, -0.2) is 0 Å². The molecule has 0 spiro atoms. The van der Waals surface area contributed by atoms with Gasteiger partial charge in [-0.3, -0.25) is 14.5 Å². The Bertz CT molecular complexity index is 1640.